The smallest absolute Gasteiger partial charge is 0.256 e. The molecule has 3 rings (SSSR count). The molecule has 132 valence electrons. The van der Waals surface area contributed by atoms with Crippen molar-refractivity contribution in [3.8, 4) is 0 Å². The minimum Gasteiger partial charge on any atom is -0.360 e. The van der Waals surface area contributed by atoms with Gasteiger partial charge in [0.25, 0.3) is 11.8 Å². The molecular formula is C20H19N3O3. The second kappa shape index (κ2) is 8.11. The van der Waals surface area contributed by atoms with Crippen molar-refractivity contribution in [1.29, 1.82) is 0 Å². The molecule has 0 radical (unpaired) electrons. The van der Waals surface area contributed by atoms with E-state index in [1.54, 1.807) is 37.3 Å². The van der Waals surface area contributed by atoms with Crippen molar-refractivity contribution in [2.45, 2.75) is 13.3 Å². The Balaban J connectivity index is 1.53. The molecule has 2 aromatic carbocycles. The van der Waals surface area contributed by atoms with Crippen LogP contribution in [0, 0.1) is 6.92 Å². The number of amides is 2. The highest BCUT2D eigenvalue weighted by Crippen LogP contribution is 2.11. The summed E-state index contributed by atoms with van der Waals surface area (Å²) in [6.07, 6.45) is 0.768. The van der Waals surface area contributed by atoms with Crippen molar-refractivity contribution in [3.05, 3.63) is 83.1 Å². The van der Waals surface area contributed by atoms with Gasteiger partial charge < -0.3 is 15.2 Å². The first kappa shape index (κ1) is 17.4. The van der Waals surface area contributed by atoms with E-state index in [1.165, 1.54) is 5.56 Å². The summed E-state index contributed by atoms with van der Waals surface area (Å²) in [4.78, 5) is 24.3. The minimum atomic E-state index is -0.311. The fourth-order valence-corrected chi connectivity index (χ4v) is 2.45. The Labute approximate surface area is 151 Å². The molecule has 6 heteroatoms. The largest absolute Gasteiger partial charge is 0.360 e. The molecule has 0 saturated heterocycles. The lowest BCUT2D eigenvalue weighted by atomic mass is 10.1. The molecule has 3 aromatic rings. The number of carbonyl (C=O) groups is 2. The van der Waals surface area contributed by atoms with E-state index in [-0.39, 0.29) is 11.8 Å². The van der Waals surface area contributed by atoms with Gasteiger partial charge in [-0.25, -0.2) is 0 Å². The Morgan fingerprint density at radius 1 is 0.962 bits per heavy atom. The molecule has 0 unspecified atom stereocenters. The number of aromatic nitrogens is 1. The Bertz CT molecular complexity index is 886. The number of hydrogen-bond acceptors (Lipinski definition) is 4. The van der Waals surface area contributed by atoms with Crippen LogP contribution in [-0.2, 0) is 6.42 Å². The van der Waals surface area contributed by atoms with Gasteiger partial charge in [-0.15, -0.1) is 0 Å². The van der Waals surface area contributed by atoms with Crippen molar-refractivity contribution < 1.29 is 14.1 Å². The van der Waals surface area contributed by atoms with Crippen LogP contribution in [0.5, 0.6) is 0 Å². The highest BCUT2D eigenvalue weighted by Gasteiger charge is 2.10. The maximum absolute atomic E-state index is 12.2. The van der Waals surface area contributed by atoms with E-state index in [4.69, 9.17) is 4.52 Å². The minimum absolute atomic E-state index is 0.167. The second-order valence-electron chi connectivity index (χ2n) is 5.85. The Morgan fingerprint density at radius 3 is 2.23 bits per heavy atom. The zero-order valence-corrected chi connectivity index (χ0v) is 14.4. The van der Waals surface area contributed by atoms with E-state index < -0.39 is 0 Å². The molecule has 26 heavy (non-hydrogen) atoms. The summed E-state index contributed by atoms with van der Waals surface area (Å²) in [5.74, 6) is 0.493. The predicted molar refractivity (Wildman–Crippen MR) is 98.1 cm³/mol. The molecule has 1 aromatic heterocycles. The SMILES string of the molecule is Cc1cc(NC(=O)c2ccc(C(=O)NCCc3ccccc3)cc2)no1. The lowest BCUT2D eigenvalue weighted by Gasteiger charge is -2.06. The highest BCUT2D eigenvalue weighted by atomic mass is 16.5. The summed E-state index contributed by atoms with van der Waals surface area (Å²) in [6, 6.07) is 18.1. The van der Waals surface area contributed by atoms with E-state index in [0.717, 1.165) is 6.42 Å². The third-order valence-corrected chi connectivity index (χ3v) is 3.82. The highest BCUT2D eigenvalue weighted by molar-refractivity contribution is 6.04. The molecule has 2 amide bonds. The van der Waals surface area contributed by atoms with Gasteiger partial charge in [0.05, 0.1) is 0 Å². The van der Waals surface area contributed by atoms with Gasteiger partial charge in [0.15, 0.2) is 5.82 Å². The third-order valence-electron chi connectivity index (χ3n) is 3.82. The van der Waals surface area contributed by atoms with Crippen LogP contribution in [0.4, 0.5) is 5.82 Å². The number of anilines is 1. The summed E-state index contributed by atoms with van der Waals surface area (Å²) >= 11 is 0. The first-order chi connectivity index (χ1) is 12.6. The standard InChI is InChI=1S/C20H19N3O3/c1-14-13-18(23-26-14)22-20(25)17-9-7-16(8-10-17)19(24)21-12-11-15-5-3-2-4-6-15/h2-10,13H,11-12H2,1H3,(H,21,24)(H,22,23,25). The monoisotopic (exact) mass is 349 g/mol. The Kier molecular flexibility index (Phi) is 5.43. The van der Waals surface area contributed by atoms with Gasteiger partial charge in [0.1, 0.15) is 5.76 Å². The van der Waals surface area contributed by atoms with Crippen LogP contribution < -0.4 is 10.6 Å². The van der Waals surface area contributed by atoms with Crippen molar-refractivity contribution in [3.63, 3.8) is 0 Å². The number of rotatable bonds is 6. The van der Waals surface area contributed by atoms with Crippen LogP contribution >= 0.6 is 0 Å². The van der Waals surface area contributed by atoms with Crippen LogP contribution in [0.15, 0.2) is 65.2 Å². The first-order valence-corrected chi connectivity index (χ1v) is 8.29. The fraction of sp³-hybridized carbons (Fsp3) is 0.150. The van der Waals surface area contributed by atoms with Gasteiger partial charge in [-0.05, 0) is 43.2 Å². The maximum atomic E-state index is 12.2. The van der Waals surface area contributed by atoms with Gasteiger partial charge in [0, 0.05) is 23.7 Å². The molecule has 1 heterocycles. The van der Waals surface area contributed by atoms with Gasteiger partial charge in [0.2, 0.25) is 0 Å². The van der Waals surface area contributed by atoms with Gasteiger partial charge >= 0.3 is 0 Å². The Morgan fingerprint density at radius 2 is 1.62 bits per heavy atom. The average molecular weight is 349 g/mol. The molecule has 0 aliphatic heterocycles. The number of carbonyl (C=O) groups excluding carboxylic acids is 2. The topological polar surface area (TPSA) is 84.2 Å². The van der Waals surface area contributed by atoms with Crippen LogP contribution in [0.2, 0.25) is 0 Å². The summed E-state index contributed by atoms with van der Waals surface area (Å²) in [6.45, 7) is 2.30. The maximum Gasteiger partial charge on any atom is 0.256 e. The second-order valence-corrected chi connectivity index (χ2v) is 5.85. The van der Waals surface area contributed by atoms with E-state index in [9.17, 15) is 9.59 Å². The van der Waals surface area contributed by atoms with Crippen LogP contribution in [0.1, 0.15) is 32.0 Å². The number of nitrogens with one attached hydrogen (secondary N) is 2. The average Bonchev–Trinajstić information content (AvgIpc) is 3.07. The first-order valence-electron chi connectivity index (χ1n) is 8.29. The summed E-state index contributed by atoms with van der Waals surface area (Å²) < 4.78 is 4.90. The van der Waals surface area contributed by atoms with Crippen LogP contribution in [0.3, 0.4) is 0 Å². The molecule has 0 saturated carbocycles. The van der Waals surface area contributed by atoms with Gasteiger partial charge in [-0.2, -0.15) is 0 Å². The molecule has 0 atom stereocenters. The predicted octanol–water partition coefficient (Wildman–Crippen LogP) is 3.21. The molecule has 0 spiro atoms. The van der Waals surface area contributed by atoms with Crippen molar-refractivity contribution in [1.82, 2.24) is 10.5 Å². The van der Waals surface area contributed by atoms with E-state index in [2.05, 4.69) is 15.8 Å². The molecule has 0 fully saturated rings. The van der Waals surface area contributed by atoms with Crippen LogP contribution in [0.25, 0.3) is 0 Å². The fourth-order valence-electron chi connectivity index (χ4n) is 2.45. The van der Waals surface area contributed by atoms with Crippen molar-refractivity contribution >= 4 is 17.6 Å². The number of nitrogens with zero attached hydrogens (tertiary/aromatic N) is 1. The molecule has 0 bridgehead atoms. The number of benzene rings is 2. The molecule has 0 aliphatic rings. The van der Waals surface area contributed by atoms with E-state index >= 15 is 0 Å². The summed E-state index contributed by atoms with van der Waals surface area (Å²) in [5.41, 5.74) is 2.11. The lowest BCUT2D eigenvalue weighted by molar-refractivity contribution is 0.0952. The van der Waals surface area contributed by atoms with Crippen molar-refractivity contribution in [2.24, 2.45) is 0 Å². The molecular weight excluding hydrogens is 330 g/mol. The van der Waals surface area contributed by atoms with E-state index in [1.807, 2.05) is 30.3 Å². The number of aryl methyl sites for hydroxylation is 1. The normalized spacial score (nSPS) is 10.3. The zero-order chi connectivity index (χ0) is 18.4. The van der Waals surface area contributed by atoms with E-state index in [0.29, 0.717) is 29.2 Å². The number of hydrogen-bond donors (Lipinski definition) is 2. The summed E-state index contributed by atoms with van der Waals surface area (Å²) in [5, 5.41) is 9.23. The Hall–Kier alpha value is -3.41. The molecule has 2 N–H and O–H groups in total. The van der Waals surface area contributed by atoms with Crippen molar-refractivity contribution in [2.75, 3.05) is 11.9 Å². The van der Waals surface area contributed by atoms with Gasteiger partial charge in [-0.3, -0.25) is 9.59 Å². The molecule has 6 nitrogen and oxygen atoms in total. The third kappa shape index (κ3) is 4.57. The molecule has 0 aliphatic carbocycles. The van der Waals surface area contributed by atoms with Gasteiger partial charge in [-0.1, -0.05) is 35.5 Å². The quantitative estimate of drug-likeness (QED) is 0.716. The van der Waals surface area contributed by atoms with Crippen LogP contribution in [-0.4, -0.2) is 23.5 Å². The lowest BCUT2D eigenvalue weighted by Crippen LogP contribution is -2.25. The summed E-state index contributed by atoms with van der Waals surface area (Å²) in [7, 11) is 0. The zero-order valence-electron chi connectivity index (χ0n) is 14.4.